The number of rotatable bonds is 9. The van der Waals surface area contributed by atoms with E-state index in [0.29, 0.717) is 18.3 Å². The molecule has 1 saturated carbocycles. The minimum Gasteiger partial charge on any atom is -0.469 e. The quantitative estimate of drug-likeness (QED) is 0.420. The zero-order valence-electron chi connectivity index (χ0n) is 19.8. The number of methoxy groups -OCH3 is 1. The SMILES string of the molecule is COC(=O)CCC(=O)OC/C=C(\C)CC[C@H]1C(C)=CC[C@H]2[C@@](C)(CO)C[C@H](O)C[C@]12C. The molecule has 6 nitrogen and oxygen atoms in total. The highest BCUT2D eigenvalue weighted by Gasteiger charge is 2.55. The molecule has 0 saturated heterocycles. The van der Waals surface area contributed by atoms with Crippen molar-refractivity contribution in [1.29, 1.82) is 0 Å². The Balaban J connectivity index is 1.96. The lowest BCUT2D eigenvalue weighted by molar-refractivity contribution is -0.148. The summed E-state index contributed by atoms with van der Waals surface area (Å²) in [6.45, 7) is 8.93. The number of ether oxygens (including phenoxy) is 2. The van der Waals surface area contributed by atoms with Crippen LogP contribution in [0.3, 0.4) is 0 Å². The topological polar surface area (TPSA) is 93.1 Å². The van der Waals surface area contributed by atoms with Crippen molar-refractivity contribution in [3.05, 3.63) is 23.3 Å². The van der Waals surface area contributed by atoms with Gasteiger partial charge in [0.1, 0.15) is 6.61 Å². The predicted octanol–water partition coefficient (Wildman–Crippen LogP) is 3.95. The highest BCUT2D eigenvalue weighted by Crippen LogP contribution is 2.60. The number of aliphatic hydroxyl groups is 2. The largest absolute Gasteiger partial charge is 0.469 e. The molecule has 2 aliphatic rings. The summed E-state index contributed by atoms with van der Waals surface area (Å²) >= 11 is 0. The van der Waals surface area contributed by atoms with Gasteiger partial charge in [0, 0.05) is 6.61 Å². The van der Waals surface area contributed by atoms with Crippen molar-refractivity contribution in [2.75, 3.05) is 20.3 Å². The minimum atomic E-state index is -0.420. The van der Waals surface area contributed by atoms with Crippen molar-refractivity contribution in [3.8, 4) is 0 Å². The Bertz CT molecular complexity index is 711. The molecule has 2 N–H and O–H groups in total. The molecule has 5 atom stereocenters. The lowest BCUT2D eigenvalue weighted by Gasteiger charge is -2.58. The Morgan fingerprint density at radius 3 is 2.52 bits per heavy atom. The molecule has 0 bridgehead atoms. The molecule has 1 fully saturated rings. The third-order valence-electron chi connectivity index (χ3n) is 7.66. The molecule has 0 aliphatic heterocycles. The first-order valence-corrected chi connectivity index (χ1v) is 11.4. The van der Waals surface area contributed by atoms with Crippen LogP contribution in [0.2, 0.25) is 0 Å². The molecule has 2 rings (SSSR count). The highest BCUT2D eigenvalue weighted by molar-refractivity contribution is 5.77. The molecule has 176 valence electrons. The number of esters is 2. The summed E-state index contributed by atoms with van der Waals surface area (Å²) in [6.07, 6.45) is 8.14. The van der Waals surface area contributed by atoms with E-state index in [1.54, 1.807) is 0 Å². The first kappa shape index (κ1) is 25.6. The van der Waals surface area contributed by atoms with Crippen LogP contribution in [0, 0.1) is 22.7 Å². The van der Waals surface area contributed by atoms with Crippen LogP contribution in [0.25, 0.3) is 0 Å². The predicted molar refractivity (Wildman–Crippen MR) is 119 cm³/mol. The first-order chi connectivity index (χ1) is 14.6. The minimum absolute atomic E-state index is 0.0251. The molecule has 6 heteroatoms. The zero-order valence-corrected chi connectivity index (χ0v) is 19.8. The van der Waals surface area contributed by atoms with E-state index < -0.39 is 11.9 Å². The fraction of sp³-hybridized carbons (Fsp3) is 0.760. The van der Waals surface area contributed by atoms with Gasteiger partial charge in [-0.05, 0) is 74.7 Å². The standard InChI is InChI=1S/C25H40O6/c1-17(12-13-31-23(29)11-10-22(28)30-5)6-8-20-18(2)7-9-21-24(3,16-26)14-19(27)15-25(20,21)4/h7,12,19-21,26-27H,6,8-11,13-16H2,1-5H3/b17-12+/t19-,20-,21-,24+,25+/m0/s1. The maximum absolute atomic E-state index is 11.7. The maximum atomic E-state index is 11.7. The summed E-state index contributed by atoms with van der Waals surface area (Å²) in [5.41, 5.74) is 2.22. The summed E-state index contributed by atoms with van der Waals surface area (Å²) in [6, 6.07) is 0. The summed E-state index contributed by atoms with van der Waals surface area (Å²) in [7, 11) is 1.30. The van der Waals surface area contributed by atoms with Gasteiger partial charge in [0.2, 0.25) is 0 Å². The van der Waals surface area contributed by atoms with Gasteiger partial charge in [-0.1, -0.05) is 31.1 Å². The lowest BCUT2D eigenvalue weighted by atomic mass is 9.47. The molecule has 0 radical (unpaired) electrons. The van der Waals surface area contributed by atoms with Gasteiger partial charge in [0.15, 0.2) is 0 Å². The molecule has 31 heavy (non-hydrogen) atoms. The van der Waals surface area contributed by atoms with Crippen LogP contribution >= 0.6 is 0 Å². The van der Waals surface area contributed by atoms with E-state index in [1.165, 1.54) is 12.7 Å². The van der Waals surface area contributed by atoms with E-state index >= 15 is 0 Å². The fourth-order valence-electron chi connectivity index (χ4n) is 5.97. The second-order valence-electron chi connectivity index (χ2n) is 10.0. The molecule has 2 aliphatic carbocycles. The molecule has 0 unspecified atom stereocenters. The summed E-state index contributed by atoms with van der Waals surface area (Å²) < 4.78 is 9.71. The van der Waals surface area contributed by atoms with Crippen molar-refractivity contribution in [3.63, 3.8) is 0 Å². The van der Waals surface area contributed by atoms with Crippen molar-refractivity contribution < 1.29 is 29.3 Å². The smallest absolute Gasteiger partial charge is 0.306 e. The van der Waals surface area contributed by atoms with Gasteiger partial charge >= 0.3 is 11.9 Å². The average molecular weight is 437 g/mol. The van der Waals surface area contributed by atoms with Gasteiger partial charge in [-0.2, -0.15) is 0 Å². The summed E-state index contributed by atoms with van der Waals surface area (Å²) in [4.78, 5) is 22.8. The number of carbonyl (C=O) groups excluding carboxylic acids is 2. The van der Waals surface area contributed by atoms with Gasteiger partial charge in [-0.3, -0.25) is 9.59 Å². The number of hydrogen-bond acceptors (Lipinski definition) is 6. The van der Waals surface area contributed by atoms with Crippen LogP contribution in [0.5, 0.6) is 0 Å². The van der Waals surface area contributed by atoms with Crippen LogP contribution in [-0.2, 0) is 19.1 Å². The number of allylic oxidation sites excluding steroid dienone is 3. The van der Waals surface area contributed by atoms with Crippen molar-refractivity contribution >= 4 is 11.9 Å². The Morgan fingerprint density at radius 1 is 1.19 bits per heavy atom. The van der Waals surface area contributed by atoms with E-state index in [2.05, 4.69) is 31.6 Å². The molecule has 0 amide bonds. The third-order valence-corrected chi connectivity index (χ3v) is 7.66. The normalized spacial score (nSPS) is 33.3. The molecule has 0 aromatic carbocycles. The van der Waals surface area contributed by atoms with Crippen LogP contribution in [0.4, 0.5) is 0 Å². The van der Waals surface area contributed by atoms with E-state index in [1.807, 2.05) is 13.0 Å². The molecular formula is C25H40O6. The Kier molecular flexibility index (Phi) is 8.90. The van der Waals surface area contributed by atoms with Crippen LogP contribution in [0.1, 0.15) is 72.6 Å². The van der Waals surface area contributed by atoms with Crippen LogP contribution in [-0.4, -0.2) is 48.6 Å². The van der Waals surface area contributed by atoms with E-state index in [0.717, 1.165) is 31.3 Å². The molecular weight excluding hydrogens is 396 g/mol. The molecule has 0 spiro atoms. The average Bonchev–Trinajstić information content (AvgIpc) is 2.70. The van der Waals surface area contributed by atoms with Gasteiger partial charge in [-0.25, -0.2) is 0 Å². The monoisotopic (exact) mass is 436 g/mol. The number of fused-ring (bicyclic) bond motifs is 1. The Labute approximate surface area is 186 Å². The summed E-state index contributed by atoms with van der Waals surface area (Å²) in [5, 5.41) is 20.7. The molecule has 0 aromatic heterocycles. The Morgan fingerprint density at radius 2 is 1.87 bits per heavy atom. The van der Waals surface area contributed by atoms with E-state index in [-0.39, 0.29) is 43.0 Å². The van der Waals surface area contributed by atoms with Gasteiger partial charge in [0.05, 0.1) is 26.1 Å². The van der Waals surface area contributed by atoms with Gasteiger partial charge in [0.25, 0.3) is 0 Å². The number of aliphatic hydroxyl groups excluding tert-OH is 2. The fourth-order valence-corrected chi connectivity index (χ4v) is 5.97. The molecule has 0 aromatic rings. The second-order valence-corrected chi connectivity index (χ2v) is 10.0. The van der Waals surface area contributed by atoms with Crippen LogP contribution in [0.15, 0.2) is 23.3 Å². The third kappa shape index (κ3) is 6.19. The first-order valence-electron chi connectivity index (χ1n) is 11.4. The number of carbonyl (C=O) groups is 2. The van der Waals surface area contributed by atoms with E-state index in [4.69, 9.17) is 4.74 Å². The second kappa shape index (κ2) is 10.8. The van der Waals surface area contributed by atoms with Crippen LogP contribution < -0.4 is 0 Å². The maximum Gasteiger partial charge on any atom is 0.306 e. The van der Waals surface area contributed by atoms with E-state index in [9.17, 15) is 19.8 Å². The molecule has 0 heterocycles. The van der Waals surface area contributed by atoms with Gasteiger partial charge < -0.3 is 19.7 Å². The van der Waals surface area contributed by atoms with Crippen molar-refractivity contribution in [2.45, 2.75) is 78.7 Å². The van der Waals surface area contributed by atoms with Gasteiger partial charge in [-0.15, -0.1) is 0 Å². The summed E-state index contributed by atoms with van der Waals surface area (Å²) in [5.74, 6) is -0.132. The Hall–Kier alpha value is -1.66. The lowest BCUT2D eigenvalue weighted by Crippen LogP contribution is -2.54. The zero-order chi connectivity index (χ0) is 23.2. The van der Waals surface area contributed by atoms with Crippen molar-refractivity contribution in [1.82, 2.24) is 0 Å². The highest BCUT2D eigenvalue weighted by atomic mass is 16.5. The number of hydrogen-bond donors (Lipinski definition) is 2. The van der Waals surface area contributed by atoms with Crippen molar-refractivity contribution in [2.24, 2.45) is 22.7 Å².